The predicted molar refractivity (Wildman–Crippen MR) is 71.4 cm³/mol. The Labute approximate surface area is 115 Å². The average Bonchev–Trinajstić information content (AvgIpc) is 2.74. The molecule has 1 aromatic carbocycles. The SMILES string of the molecule is C=Cc1ccc(Cn2cc[n+](C)c2)cc1.F[B-](F)(F)F. The van der Waals surface area contributed by atoms with Crippen LogP contribution in [0.2, 0.25) is 0 Å². The van der Waals surface area contributed by atoms with Gasteiger partial charge in [-0.05, 0) is 11.1 Å². The summed E-state index contributed by atoms with van der Waals surface area (Å²) in [7, 11) is -3.97. The third kappa shape index (κ3) is 6.77. The molecule has 1 aromatic heterocycles. The minimum atomic E-state index is -6.00. The number of halogens is 4. The van der Waals surface area contributed by atoms with E-state index < -0.39 is 7.25 Å². The fourth-order valence-corrected chi connectivity index (χ4v) is 1.57. The van der Waals surface area contributed by atoms with E-state index in [1.807, 2.05) is 23.9 Å². The van der Waals surface area contributed by atoms with Crippen LogP contribution in [0.15, 0.2) is 49.6 Å². The highest BCUT2D eigenvalue weighted by Gasteiger charge is 2.20. The number of nitrogens with zero attached hydrogens (tertiary/aromatic N) is 2. The first-order valence-electron chi connectivity index (χ1n) is 5.87. The molecule has 2 rings (SSSR count). The molecule has 0 N–H and O–H groups in total. The summed E-state index contributed by atoms with van der Waals surface area (Å²) in [6.07, 6.45) is 8.04. The summed E-state index contributed by atoms with van der Waals surface area (Å²) >= 11 is 0. The Balaban J connectivity index is 0.000000347. The molecular formula is C13H15BF4N2. The minimum Gasteiger partial charge on any atom is -0.418 e. The lowest BCUT2D eigenvalue weighted by Gasteiger charge is -1.98. The summed E-state index contributed by atoms with van der Waals surface area (Å²) < 4.78 is 43.2. The molecule has 0 atom stereocenters. The second-order valence-corrected chi connectivity index (χ2v) is 4.19. The second kappa shape index (κ2) is 6.93. The van der Waals surface area contributed by atoms with E-state index in [0.29, 0.717) is 0 Å². The van der Waals surface area contributed by atoms with Gasteiger partial charge in [0.25, 0.3) is 0 Å². The molecule has 0 fully saturated rings. The quantitative estimate of drug-likeness (QED) is 0.465. The van der Waals surface area contributed by atoms with Gasteiger partial charge in [0.15, 0.2) is 0 Å². The Kier molecular flexibility index (Phi) is 5.55. The summed E-state index contributed by atoms with van der Waals surface area (Å²) in [6.45, 7) is 4.65. The molecule has 0 bridgehead atoms. The van der Waals surface area contributed by atoms with Gasteiger partial charge in [0.05, 0.1) is 7.05 Å². The number of aromatic nitrogens is 2. The number of hydrogen-bond acceptors (Lipinski definition) is 0. The Morgan fingerprint density at radius 1 is 1.20 bits per heavy atom. The predicted octanol–water partition coefficient (Wildman–Crippen LogP) is 3.30. The van der Waals surface area contributed by atoms with Crippen LogP contribution in [-0.4, -0.2) is 11.8 Å². The fraction of sp³-hybridized carbons (Fsp3) is 0.154. The van der Waals surface area contributed by atoms with E-state index in [2.05, 4.69) is 47.9 Å². The fourth-order valence-electron chi connectivity index (χ4n) is 1.57. The van der Waals surface area contributed by atoms with Crippen LogP contribution < -0.4 is 4.57 Å². The van der Waals surface area contributed by atoms with Gasteiger partial charge in [0.2, 0.25) is 6.33 Å². The molecule has 0 spiro atoms. The first-order valence-corrected chi connectivity index (χ1v) is 5.87. The molecule has 0 amide bonds. The molecular weight excluding hydrogens is 271 g/mol. The van der Waals surface area contributed by atoms with Crippen molar-refractivity contribution in [2.75, 3.05) is 0 Å². The van der Waals surface area contributed by atoms with Gasteiger partial charge in [0.1, 0.15) is 18.9 Å². The Morgan fingerprint density at radius 3 is 2.15 bits per heavy atom. The first-order chi connectivity index (χ1) is 9.28. The summed E-state index contributed by atoms with van der Waals surface area (Å²) in [5, 5.41) is 0. The zero-order chi connectivity index (χ0) is 15.2. The molecule has 1 heterocycles. The van der Waals surface area contributed by atoms with Gasteiger partial charge in [-0.25, -0.2) is 9.13 Å². The molecule has 7 heteroatoms. The number of hydrogen-bond donors (Lipinski definition) is 0. The van der Waals surface area contributed by atoms with E-state index in [0.717, 1.165) is 12.1 Å². The van der Waals surface area contributed by atoms with Gasteiger partial charge < -0.3 is 17.3 Å². The zero-order valence-electron chi connectivity index (χ0n) is 11.0. The molecule has 0 saturated carbocycles. The van der Waals surface area contributed by atoms with Crippen molar-refractivity contribution in [3.8, 4) is 0 Å². The number of aryl methyl sites for hydroxylation is 1. The van der Waals surface area contributed by atoms with Gasteiger partial charge in [-0.3, -0.25) is 0 Å². The van der Waals surface area contributed by atoms with E-state index >= 15 is 0 Å². The van der Waals surface area contributed by atoms with E-state index in [4.69, 9.17) is 0 Å². The van der Waals surface area contributed by atoms with Gasteiger partial charge in [-0.15, -0.1) is 0 Å². The largest absolute Gasteiger partial charge is 0.673 e. The standard InChI is InChI=1S/C13H15N2.BF4/c1-3-12-4-6-13(7-5-12)10-15-9-8-14(2)11-15;2-1(3,4)5/h3-9,11H,1,10H2,2H3;/q+1;-1. The lowest BCUT2D eigenvalue weighted by Crippen LogP contribution is -2.23. The van der Waals surface area contributed by atoms with Crippen molar-refractivity contribution in [1.82, 2.24) is 4.57 Å². The van der Waals surface area contributed by atoms with E-state index in [1.54, 1.807) is 0 Å². The van der Waals surface area contributed by atoms with Crippen molar-refractivity contribution in [2.45, 2.75) is 6.54 Å². The van der Waals surface area contributed by atoms with Gasteiger partial charge in [0, 0.05) is 0 Å². The Morgan fingerprint density at radius 2 is 1.75 bits per heavy atom. The van der Waals surface area contributed by atoms with Crippen molar-refractivity contribution < 1.29 is 21.8 Å². The molecule has 0 saturated heterocycles. The minimum absolute atomic E-state index is 0.915. The van der Waals surface area contributed by atoms with Crippen LogP contribution in [0.1, 0.15) is 11.1 Å². The number of rotatable bonds is 3. The maximum Gasteiger partial charge on any atom is 0.673 e. The molecule has 0 aliphatic heterocycles. The number of benzene rings is 1. The summed E-state index contributed by atoms with van der Waals surface area (Å²) in [5.74, 6) is 0. The highest BCUT2D eigenvalue weighted by atomic mass is 19.5. The highest BCUT2D eigenvalue weighted by molar-refractivity contribution is 6.50. The molecule has 0 radical (unpaired) electrons. The van der Waals surface area contributed by atoms with Gasteiger partial charge in [-0.2, -0.15) is 0 Å². The van der Waals surface area contributed by atoms with Crippen molar-refractivity contribution in [2.24, 2.45) is 7.05 Å². The smallest absolute Gasteiger partial charge is 0.418 e. The summed E-state index contributed by atoms with van der Waals surface area (Å²) in [4.78, 5) is 0. The Bertz CT molecular complexity index is 540. The van der Waals surface area contributed by atoms with Crippen LogP contribution in [0.5, 0.6) is 0 Å². The molecule has 0 aliphatic carbocycles. The zero-order valence-corrected chi connectivity index (χ0v) is 11.0. The van der Waals surface area contributed by atoms with Crippen LogP contribution >= 0.6 is 0 Å². The van der Waals surface area contributed by atoms with Crippen molar-refractivity contribution in [3.63, 3.8) is 0 Å². The molecule has 20 heavy (non-hydrogen) atoms. The third-order valence-corrected chi connectivity index (χ3v) is 2.40. The van der Waals surface area contributed by atoms with Gasteiger partial charge in [-0.1, -0.05) is 36.9 Å². The summed E-state index contributed by atoms with van der Waals surface area (Å²) in [6, 6.07) is 8.45. The van der Waals surface area contributed by atoms with Crippen LogP contribution in [0.3, 0.4) is 0 Å². The van der Waals surface area contributed by atoms with E-state index in [-0.39, 0.29) is 0 Å². The van der Waals surface area contributed by atoms with Crippen LogP contribution in [0, 0.1) is 0 Å². The summed E-state index contributed by atoms with van der Waals surface area (Å²) in [5.41, 5.74) is 2.47. The third-order valence-electron chi connectivity index (χ3n) is 2.40. The maximum atomic E-state index is 9.75. The Hall–Kier alpha value is -2.05. The van der Waals surface area contributed by atoms with Crippen LogP contribution in [0.25, 0.3) is 6.08 Å². The monoisotopic (exact) mass is 286 g/mol. The lowest BCUT2D eigenvalue weighted by atomic mass is 10.1. The molecule has 2 aromatic rings. The number of imidazole rings is 1. The molecule has 108 valence electrons. The van der Waals surface area contributed by atoms with Crippen LogP contribution in [-0.2, 0) is 13.6 Å². The topological polar surface area (TPSA) is 8.81 Å². The maximum absolute atomic E-state index is 9.75. The van der Waals surface area contributed by atoms with E-state index in [1.165, 1.54) is 5.56 Å². The first kappa shape index (κ1) is 16.0. The van der Waals surface area contributed by atoms with Gasteiger partial charge >= 0.3 is 7.25 Å². The van der Waals surface area contributed by atoms with Crippen LogP contribution in [0.4, 0.5) is 17.3 Å². The highest BCUT2D eigenvalue weighted by Crippen LogP contribution is 2.07. The van der Waals surface area contributed by atoms with E-state index in [9.17, 15) is 17.3 Å². The molecule has 2 nitrogen and oxygen atoms in total. The normalized spacial score (nSPS) is 10.7. The average molecular weight is 286 g/mol. The molecule has 0 aliphatic rings. The second-order valence-electron chi connectivity index (χ2n) is 4.19. The van der Waals surface area contributed by atoms with Crippen molar-refractivity contribution in [1.29, 1.82) is 0 Å². The lowest BCUT2D eigenvalue weighted by molar-refractivity contribution is -0.671. The molecule has 0 unspecified atom stereocenters. The van der Waals surface area contributed by atoms with Crippen molar-refractivity contribution >= 4 is 13.3 Å². The van der Waals surface area contributed by atoms with Crippen molar-refractivity contribution in [3.05, 3.63) is 60.7 Å².